The van der Waals surface area contributed by atoms with Crippen molar-refractivity contribution >= 4 is 22.6 Å². The van der Waals surface area contributed by atoms with Crippen molar-refractivity contribution in [3.8, 4) is 0 Å². The molecule has 1 amide bonds. The Bertz CT molecular complexity index is 1120. The van der Waals surface area contributed by atoms with Gasteiger partial charge < -0.3 is 14.5 Å². The van der Waals surface area contributed by atoms with Crippen LogP contribution in [0.5, 0.6) is 0 Å². The van der Waals surface area contributed by atoms with Crippen LogP contribution >= 0.6 is 0 Å². The second-order valence-corrected chi connectivity index (χ2v) is 7.05. The van der Waals surface area contributed by atoms with E-state index < -0.39 is 0 Å². The smallest absolute Gasteiger partial charge is 0.257 e. The van der Waals surface area contributed by atoms with E-state index in [9.17, 15) is 4.79 Å². The van der Waals surface area contributed by atoms with E-state index in [0.717, 1.165) is 22.4 Å². The summed E-state index contributed by atoms with van der Waals surface area (Å²) in [6, 6.07) is 13.3. The van der Waals surface area contributed by atoms with Crippen molar-refractivity contribution in [2.75, 3.05) is 5.32 Å². The normalized spacial score (nSPS) is 11.3. The summed E-state index contributed by atoms with van der Waals surface area (Å²) in [6.45, 7) is 4.91. The maximum absolute atomic E-state index is 12.7. The average Bonchev–Trinajstić information content (AvgIpc) is 3.37. The third-order valence-electron chi connectivity index (χ3n) is 4.46. The molecule has 0 saturated heterocycles. The molecule has 4 aromatic rings. The van der Waals surface area contributed by atoms with Crippen LogP contribution in [-0.2, 0) is 18.0 Å². The lowest BCUT2D eigenvalue weighted by Crippen LogP contribution is -2.12. The number of carbonyl (C=O) groups is 1. The monoisotopic (exact) mass is 390 g/mol. The molecule has 0 unspecified atom stereocenters. The molecule has 0 bridgehead atoms. The van der Waals surface area contributed by atoms with E-state index in [4.69, 9.17) is 9.15 Å². The van der Waals surface area contributed by atoms with Crippen molar-refractivity contribution in [3.63, 3.8) is 0 Å². The Kier molecular flexibility index (Phi) is 5.39. The molecule has 4 rings (SSSR count). The molecule has 1 N–H and O–H groups in total. The van der Waals surface area contributed by atoms with Gasteiger partial charge in [0.25, 0.3) is 5.91 Å². The molecule has 29 heavy (non-hydrogen) atoms. The minimum atomic E-state index is -0.217. The number of anilines is 1. The van der Waals surface area contributed by atoms with Crippen LogP contribution in [0.3, 0.4) is 0 Å². The van der Waals surface area contributed by atoms with Gasteiger partial charge in [0.15, 0.2) is 5.65 Å². The fourth-order valence-corrected chi connectivity index (χ4v) is 3.05. The molecule has 3 heterocycles. The molecule has 0 aliphatic carbocycles. The summed E-state index contributed by atoms with van der Waals surface area (Å²) in [4.78, 5) is 17.1. The van der Waals surface area contributed by atoms with E-state index in [1.807, 2.05) is 54.9 Å². The number of nitrogens with one attached hydrogen (secondary N) is 1. The number of aromatic nitrogens is 3. The lowest BCUT2D eigenvalue weighted by molar-refractivity contribution is 0.0929. The summed E-state index contributed by atoms with van der Waals surface area (Å²) < 4.78 is 12.7. The SMILES string of the molecule is CC(C)n1ncc2cc(C(=O)Nc3cccc(COCc4ccco4)c3)cnc21. The number of hydrogen-bond acceptors (Lipinski definition) is 5. The summed E-state index contributed by atoms with van der Waals surface area (Å²) in [5.41, 5.74) is 2.92. The minimum Gasteiger partial charge on any atom is -0.467 e. The van der Waals surface area contributed by atoms with Crippen molar-refractivity contribution in [1.82, 2.24) is 14.8 Å². The molecule has 0 atom stereocenters. The zero-order chi connectivity index (χ0) is 20.2. The summed E-state index contributed by atoms with van der Waals surface area (Å²) in [5.74, 6) is 0.559. The number of hydrogen-bond donors (Lipinski definition) is 1. The molecule has 3 aromatic heterocycles. The first-order valence-electron chi connectivity index (χ1n) is 9.44. The lowest BCUT2D eigenvalue weighted by atomic mass is 10.2. The van der Waals surface area contributed by atoms with Crippen molar-refractivity contribution in [3.05, 3.63) is 78.0 Å². The van der Waals surface area contributed by atoms with E-state index in [-0.39, 0.29) is 11.9 Å². The predicted octanol–water partition coefficient (Wildman–Crippen LogP) is 4.57. The molecule has 148 valence electrons. The largest absolute Gasteiger partial charge is 0.467 e. The molecule has 0 saturated carbocycles. The molecular formula is C22H22N4O3. The van der Waals surface area contributed by atoms with Gasteiger partial charge in [-0.2, -0.15) is 5.10 Å². The van der Waals surface area contributed by atoms with Crippen LogP contribution in [-0.4, -0.2) is 20.7 Å². The van der Waals surface area contributed by atoms with E-state index >= 15 is 0 Å². The van der Waals surface area contributed by atoms with Crippen molar-refractivity contribution in [1.29, 1.82) is 0 Å². The van der Waals surface area contributed by atoms with E-state index in [1.54, 1.807) is 24.7 Å². The van der Waals surface area contributed by atoms with E-state index in [1.165, 1.54) is 0 Å². The second-order valence-electron chi connectivity index (χ2n) is 7.05. The average molecular weight is 390 g/mol. The zero-order valence-electron chi connectivity index (χ0n) is 16.3. The number of nitrogens with zero attached hydrogens (tertiary/aromatic N) is 3. The molecule has 0 fully saturated rings. The highest BCUT2D eigenvalue weighted by molar-refractivity contribution is 6.05. The first-order valence-corrected chi connectivity index (χ1v) is 9.44. The summed E-state index contributed by atoms with van der Waals surface area (Å²) in [7, 11) is 0. The second kappa shape index (κ2) is 8.28. The van der Waals surface area contributed by atoms with Gasteiger partial charge in [0.2, 0.25) is 0 Å². The maximum atomic E-state index is 12.7. The Morgan fingerprint density at radius 2 is 2.07 bits per heavy atom. The van der Waals surface area contributed by atoms with Crippen LogP contribution < -0.4 is 5.32 Å². The molecule has 0 spiro atoms. The topological polar surface area (TPSA) is 82.2 Å². The van der Waals surface area contributed by atoms with Crippen LogP contribution in [0.2, 0.25) is 0 Å². The molecule has 0 radical (unpaired) electrons. The summed E-state index contributed by atoms with van der Waals surface area (Å²) in [6.07, 6.45) is 4.93. The summed E-state index contributed by atoms with van der Waals surface area (Å²) in [5, 5.41) is 8.10. The Morgan fingerprint density at radius 1 is 1.17 bits per heavy atom. The van der Waals surface area contributed by atoms with Gasteiger partial charge in [-0.25, -0.2) is 9.67 Å². The highest BCUT2D eigenvalue weighted by Crippen LogP contribution is 2.18. The Hall–Kier alpha value is -3.45. The third-order valence-corrected chi connectivity index (χ3v) is 4.46. The number of ether oxygens (including phenoxy) is 1. The maximum Gasteiger partial charge on any atom is 0.257 e. The quantitative estimate of drug-likeness (QED) is 0.500. The van der Waals surface area contributed by atoms with Gasteiger partial charge in [-0.3, -0.25) is 4.79 Å². The Labute approximate surface area is 168 Å². The van der Waals surface area contributed by atoms with Gasteiger partial charge in [0.1, 0.15) is 12.4 Å². The van der Waals surface area contributed by atoms with E-state index in [2.05, 4.69) is 15.4 Å². The zero-order valence-corrected chi connectivity index (χ0v) is 16.3. The molecule has 0 aliphatic heterocycles. The van der Waals surface area contributed by atoms with E-state index in [0.29, 0.717) is 24.5 Å². The summed E-state index contributed by atoms with van der Waals surface area (Å²) >= 11 is 0. The Balaban J connectivity index is 1.42. The number of pyridine rings is 1. The molecular weight excluding hydrogens is 368 g/mol. The minimum absolute atomic E-state index is 0.206. The van der Waals surface area contributed by atoms with Gasteiger partial charge in [-0.05, 0) is 49.7 Å². The standard InChI is InChI=1S/C22H22N4O3/c1-15(2)26-21-17(12-24-26)10-18(11-23-21)22(27)25-19-6-3-5-16(9-19)13-28-14-20-7-4-8-29-20/h3-12,15H,13-14H2,1-2H3,(H,25,27). The number of carbonyl (C=O) groups excluding carboxylic acids is 1. The lowest BCUT2D eigenvalue weighted by Gasteiger charge is -2.09. The first kappa shape index (κ1) is 18.9. The van der Waals surface area contributed by atoms with Crippen molar-refractivity contribution in [2.45, 2.75) is 33.1 Å². The third kappa shape index (κ3) is 4.35. The fraction of sp³-hybridized carbons (Fsp3) is 0.227. The highest BCUT2D eigenvalue weighted by Gasteiger charge is 2.12. The van der Waals surface area contributed by atoms with Gasteiger partial charge in [-0.1, -0.05) is 12.1 Å². The van der Waals surface area contributed by atoms with Gasteiger partial charge >= 0.3 is 0 Å². The molecule has 7 heteroatoms. The number of amides is 1. The highest BCUT2D eigenvalue weighted by atomic mass is 16.5. The van der Waals surface area contributed by atoms with Crippen molar-refractivity contribution in [2.24, 2.45) is 0 Å². The van der Waals surface area contributed by atoms with Crippen molar-refractivity contribution < 1.29 is 13.9 Å². The number of fused-ring (bicyclic) bond motifs is 1. The first-order chi connectivity index (χ1) is 14.1. The molecule has 7 nitrogen and oxygen atoms in total. The van der Waals surface area contributed by atoms with Gasteiger partial charge in [-0.15, -0.1) is 0 Å². The predicted molar refractivity (Wildman–Crippen MR) is 110 cm³/mol. The van der Waals surface area contributed by atoms with Gasteiger partial charge in [0, 0.05) is 23.3 Å². The van der Waals surface area contributed by atoms with Crippen LogP contribution in [0.4, 0.5) is 5.69 Å². The Morgan fingerprint density at radius 3 is 2.86 bits per heavy atom. The van der Waals surface area contributed by atoms with Crippen LogP contribution in [0, 0.1) is 0 Å². The number of rotatable bonds is 7. The molecule has 1 aromatic carbocycles. The molecule has 0 aliphatic rings. The number of benzene rings is 1. The van der Waals surface area contributed by atoms with Crippen LogP contribution in [0.15, 0.2) is 65.5 Å². The van der Waals surface area contributed by atoms with Crippen LogP contribution in [0.25, 0.3) is 11.0 Å². The number of furan rings is 1. The van der Waals surface area contributed by atoms with Gasteiger partial charge in [0.05, 0.1) is 24.6 Å². The fourth-order valence-electron chi connectivity index (χ4n) is 3.05. The van der Waals surface area contributed by atoms with Crippen LogP contribution in [0.1, 0.15) is 41.6 Å².